The van der Waals surface area contributed by atoms with Gasteiger partial charge in [-0.05, 0) is 61.4 Å². The molecule has 0 saturated heterocycles. The molecule has 4 rings (SSSR count). The monoisotopic (exact) mass is 405 g/mol. The van der Waals surface area contributed by atoms with Crippen molar-refractivity contribution in [3.05, 3.63) is 82.6 Å². The van der Waals surface area contributed by atoms with E-state index in [4.69, 9.17) is 21.3 Å². The Kier molecular flexibility index (Phi) is 4.99. The Balaban J connectivity index is 1.68. The summed E-state index contributed by atoms with van der Waals surface area (Å²) in [5.41, 5.74) is 5.84. The molecule has 6 heteroatoms. The van der Waals surface area contributed by atoms with E-state index in [1.165, 1.54) is 7.11 Å². The lowest BCUT2D eigenvalue weighted by molar-refractivity contribution is 0.102. The molecule has 2 heterocycles. The summed E-state index contributed by atoms with van der Waals surface area (Å²) in [5, 5.41) is 3.44. The third-order valence-corrected chi connectivity index (χ3v) is 5.04. The minimum atomic E-state index is -0.282. The predicted molar refractivity (Wildman–Crippen MR) is 116 cm³/mol. The summed E-state index contributed by atoms with van der Waals surface area (Å²) < 4.78 is 7.28. The highest BCUT2D eigenvalue weighted by molar-refractivity contribution is 6.31. The Morgan fingerprint density at radius 1 is 1.10 bits per heavy atom. The van der Waals surface area contributed by atoms with E-state index >= 15 is 0 Å². The first-order chi connectivity index (χ1) is 13.9. The molecular weight excluding hydrogens is 386 g/mol. The second-order valence-electron chi connectivity index (χ2n) is 6.92. The number of nitrogens with one attached hydrogen (secondary N) is 1. The summed E-state index contributed by atoms with van der Waals surface area (Å²) in [7, 11) is 1.52. The fourth-order valence-electron chi connectivity index (χ4n) is 3.19. The number of aromatic nitrogens is 2. The number of amides is 1. The molecule has 0 aliphatic rings. The first kappa shape index (κ1) is 19.0. The number of halogens is 1. The van der Waals surface area contributed by atoms with E-state index in [0.29, 0.717) is 22.0 Å². The van der Waals surface area contributed by atoms with Gasteiger partial charge in [-0.25, -0.2) is 4.98 Å². The van der Waals surface area contributed by atoms with Crippen molar-refractivity contribution in [2.75, 3.05) is 12.4 Å². The minimum Gasteiger partial charge on any atom is -0.496 e. The van der Waals surface area contributed by atoms with Crippen LogP contribution in [0, 0.1) is 13.8 Å². The number of ether oxygens (including phenoxy) is 1. The topological polar surface area (TPSA) is 55.6 Å². The highest BCUT2D eigenvalue weighted by atomic mass is 35.5. The lowest BCUT2D eigenvalue weighted by Crippen LogP contribution is -2.14. The molecule has 0 radical (unpaired) electrons. The molecule has 2 aromatic heterocycles. The average molecular weight is 406 g/mol. The number of carbonyl (C=O) groups excluding carboxylic acids is 1. The van der Waals surface area contributed by atoms with Gasteiger partial charge >= 0.3 is 0 Å². The number of pyridine rings is 1. The Hall–Kier alpha value is -3.31. The van der Waals surface area contributed by atoms with Crippen LogP contribution in [0.4, 0.5) is 5.69 Å². The molecule has 0 bridgehead atoms. The molecule has 0 fully saturated rings. The van der Waals surface area contributed by atoms with Gasteiger partial charge < -0.3 is 14.5 Å². The number of aryl methyl sites for hydroxylation is 2. The Labute approximate surface area is 173 Å². The van der Waals surface area contributed by atoms with Crippen LogP contribution in [-0.4, -0.2) is 22.4 Å². The zero-order chi connectivity index (χ0) is 20.5. The zero-order valence-corrected chi connectivity index (χ0v) is 17.1. The molecule has 0 unspecified atom stereocenters. The summed E-state index contributed by atoms with van der Waals surface area (Å²) >= 11 is 6.06. The van der Waals surface area contributed by atoms with Gasteiger partial charge in [0.15, 0.2) is 0 Å². The number of hydrogen-bond donors (Lipinski definition) is 1. The first-order valence-corrected chi connectivity index (χ1v) is 9.53. The molecule has 0 atom stereocenters. The number of methoxy groups -OCH3 is 1. The highest BCUT2D eigenvalue weighted by Gasteiger charge is 2.15. The molecule has 0 spiro atoms. The number of rotatable bonds is 4. The maximum atomic E-state index is 12.9. The van der Waals surface area contributed by atoms with E-state index in [9.17, 15) is 4.79 Å². The normalized spacial score (nSPS) is 10.9. The number of nitrogens with zero attached hydrogens (tertiary/aromatic N) is 2. The molecule has 1 amide bonds. The summed E-state index contributed by atoms with van der Waals surface area (Å²) in [5.74, 6) is 0.187. The quantitative estimate of drug-likeness (QED) is 0.485. The summed E-state index contributed by atoms with van der Waals surface area (Å²) in [6, 6.07) is 14.9. The van der Waals surface area contributed by atoms with Crippen LogP contribution in [0.1, 0.15) is 21.5 Å². The van der Waals surface area contributed by atoms with Crippen molar-refractivity contribution in [3.63, 3.8) is 0 Å². The largest absolute Gasteiger partial charge is 0.496 e. The van der Waals surface area contributed by atoms with Gasteiger partial charge in [0.25, 0.3) is 5.91 Å². The van der Waals surface area contributed by atoms with E-state index in [0.717, 1.165) is 28.0 Å². The van der Waals surface area contributed by atoms with Crippen LogP contribution in [0.15, 0.2) is 60.9 Å². The van der Waals surface area contributed by atoms with Crippen LogP contribution in [0.25, 0.3) is 16.9 Å². The van der Waals surface area contributed by atoms with Crippen LogP contribution >= 0.6 is 11.6 Å². The number of anilines is 1. The van der Waals surface area contributed by atoms with Crippen LogP contribution in [0.2, 0.25) is 5.02 Å². The van der Waals surface area contributed by atoms with Gasteiger partial charge in [0.05, 0.1) is 18.4 Å². The second-order valence-corrected chi connectivity index (χ2v) is 7.36. The van der Waals surface area contributed by atoms with Gasteiger partial charge in [-0.15, -0.1) is 0 Å². The van der Waals surface area contributed by atoms with E-state index in [1.807, 2.05) is 61.0 Å². The van der Waals surface area contributed by atoms with E-state index < -0.39 is 0 Å². The van der Waals surface area contributed by atoms with Gasteiger partial charge in [-0.2, -0.15) is 0 Å². The van der Waals surface area contributed by atoms with Gasteiger partial charge in [0.1, 0.15) is 11.4 Å². The molecule has 0 aliphatic carbocycles. The summed E-state index contributed by atoms with van der Waals surface area (Å²) in [4.78, 5) is 17.6. The molecule has 1 N–H and O–H groups in total. The van der Waals surface area contributed by atoms with E-state index in [2.05, 4.69) is 5.32 Å². The maximum Gasteiger partial charge on any atom is 0.259 e. The van der Waals surface area contributed by atoms with Crippen LogP contribution in [-0.2, 0) is 0 Å². The molecule has 146 valence electrons. The van der Waals surface area contributed by atoms with Crippen molar-refractivity contribution < 1.29 is 9.53 Å². The molecule has 29 heavy (non-hydrogen) atoms. The van der Waals surface area contributed by atoms with Crippen LogP contribution in [0.5, 0.6) is 5.75 Å². The maximum absolute atomic E-state index is 12.9. The SMILES string of the molecule is COc1ccc(Cl)cc1C(=O)Nc1cc(-c2cn3ccc(C)cc3n2)ccc1C. The smallest absolute Gasteiger partial charge is 0.259 e. The third kappa shape index (κ3) is 3.82. The van der Waals surface area contributed by atoms with Crippen molar-refractivity contribution in [2.24, 2.45) is 0 Å². The average Bonchev–Trinajstić information content (AvgIpc) is 3.12. The van der Waals surface area contributed by atoms with Crippen molar-refractivity contribution in [1.29, 1.82) is 0 Å². The van der Waals surface area contributed by atoms with Gasteiger partial charge in [-0.1, -0.05) is 23.7 Å². The minimum absolute atomic E-state index is 0.282. The van der Waals surface area contributed by atoms with E-state index in [1.54, 1.807) is 18.2 Å². The fourth-order valence-corrected chi connectivity index (χ4v) is 3.36. The summed E-state index contributed by atoms with van der Waals surface area (Å²) in [6.07, 6.45) is 3.97. The molecular formula is C23H20ClN3O2. The van der Waals surface area contributed by atoms with Crippen LogP contribution in [0.3, 0.4) is 0 Å². The lowest BCUT2D eigenvalue weighted by Gasteiger charge is -2.12. The van der Waals surface area contributed by atoms with Gasteiger partial charge in [0, 0.05) is 28.7 Å². The number of fused-ring (bicyclic) bond motifs is 1. The van der Waals surface area contributed by atoms with Crippen molar-refractivity contribution >= 4 is 28.8 Å². The second kappa shape index (κ2) is 7.60. The van der Waals surface area contributed by atoms with Crippen molar-refractivity contribution in [1.82, 2.24) is 9.38 Å². The standard InChI is InChI=1S/C23H20ClN3O2/c1-14-8-9-27-13-20(25-22(27)10-14)16-5-4-15(2)19(11-16)26-23(28)18-12-17(24)6-7-21(18)29-3/h4-13H,1-3H3,(H,26,28). The van der Waals surface area contributed by atoms with Crippen molar-refractivity contribution in [3.8, 4) is 17.0 Å². The predicted octanol–water partition coefficient (Wildman–Crippen LogP) is 5.53. The lowest BCUT2D eigenvalue weighted by atomic mass is 10.1. The van der Waals surface area contributed by atoms with E-state index in [-0.39, 0.29) is 5.91 Å². The summed E-state index contributed by atoms with van der Waals surface area (Å²) in [6.45, 7) is 3.99. The number of benzene rings is 2. The molecule has 2 aromatic carbocycles. The van der Waals surface area contributed by atoms with Crippen molar-refractivity contribution in [2.45, 2.75) is 13.8 Å². The van der Waals surface area contributed by atoms with Gasteiger partial charge in [0.2, 0.25) is 0 Å². The van der Waals surface area contributed by atoms with Gasteiger partial charge in [-0.3, -0.25) is 4.79 Å². The molecule has 0 aliphatic heterocycles. The fraction of sp³-hybridized carbons (Fsp3) is 0.130. The number of carbonyl (C=O) groups is 1. The third-order valence-electron chi connectivity index (χ3n) is 4.80. The molecule has 0 saturated carbocycles. The number of imidazole rings is 1. The Morgan fingerprint density at radius 3 is 2.72 bits per heavy atom. The zero-order valence-electron chi connectivity index (χ0n) is 16.4. The first-order valence-electron chi connectivity index (χ1n) is 9.16. The highest BCUT2D eigenvalue weighted by Crippen LogP contribution is 2.28. The molecule has 4 aromatic rings. The molecule has 5 nitrogen and oxygen atoms in total. The Bertz CT molecular complexity index is 1230. The Morgan fingerprint density at radius 2 is 1.93 bits per heavy atom. The number of hydrogen-bond acceptors (Lipinski definition) is 3. The van der Waals surface area contributed by atoms with Crippen LogP contribution < -0.4 is 10.1 Å².